The second kappa shape index (κ2) is 2.49. The molecule has 4 bridgehead atoms. The van der Waals surface area contributed by atoms with Crippen molar-refractivity contribution in [2.45, 2.75) is 25.4 Å². The predicted molar refractivity (Wildman–Crippen MR) is 45.3 cm³/mol. The molecule has 3 aliphatic carbocycles. The zero-order chi connectivity index (χ0) is 9.87. The molecule has 4 heteroatoms. The Hall–Kier alpha value is -1.06. The summed E-state index contributed by atoms with van der Waals surface area (Å²) in [5.41, 5.74) is 0. The van der Waals surface area contributed by atoms with Gasteiger partial charge in [-0.15, -0.1) is 0 Å². The van der Waals surface area contributed by atoms with Crippen LogP contribution in [0.25, 0.3) is 0 Å². The van der Waals surface area contributed by atoms with Crippen LogP contribution in [0.15, 0.2) is 0 Å². The number of aliphatic carboxylic acids is 1. The van der Waals surface area contributed by atoms with Crippen molar-refractivity contribution in [3.63, 3.8) is 0 Å². The lowest BCUT2D eigenvalue weighted by atomic mass is 9.59. The fraction of sp³-hybridized carbons (Fsp3) is 0.800. The van der Waals surface area contributed by atoms with Crippen molar-refractivity contribution in [3.8, 4) is 0 Å². The lowest BCUT2D eigenvalue weighted by molar-refractivity contribution is -0.154. The molecule has 4 nitrogen and oxygen atoms in total. The third kappa shape index (κ3) is 0.837. The molecule has 0 spiro atoms. The Labute approximate surface area is 81.2 Å². The van der Waals surface area contributed by atoms with Gasteiger partial charge in [-0.2, -0.15) is 0 Å². The van der Waals surface area contributed by atoms with Gasteiger partial charge in [0, 0.05) is 5.92 Å². The molecule has 0 amide bonds. The van der Waals surface area contributed by atoms with Gasteiger partial charge in [0.2, 0.25) is 0 Å². The number of esters is 1. The minimum Gasteiger partial charge on any atom is -0.481 e. The summed E-state index contributed by atoms with van der Waals surface area (Å²) in [6, 6.07) is 0. The smallest absolute Gasteiger partial charge is 0.310 e. The Morgan fingerprint density at radius 3 is 2.93 bits per heavy atom. The average molecular weight is 196 g/mol. The highest BCUT2D eigenvalue weighted by molar-refractivity contribution is 5.84. The van der Waals surface area contributed by atoms with Crippen LogP contribution >= 0.6 is 0 Å². The largest absolute Gasteiger partial charge is 0.481 e. The minimum absolute atomic E-state index is 0.0295. The van der Waals surface area contributed by atoms with Crippen LogP contribution in [0, 0.1) is 23.7 Å². The van der Waals surface area contributed by atoms with Gasteiger partial charge in [0.1, 0.15) is 6.10 Å². The van der Waals surface area contributed by atoms with Crippen LogP contribution in [0.1, 0.15) is 19.3 Å². The lowest BCUT2D eigenvalue weighted by Gasteiger charge is -2.42. The summed E-state index contributed by atoms with van der Waals surface area (Å²) in [6.45, 7) is 0. The summed E-state index contributed by atoms with van der Waals surface area (Å²) in [5, 5.41) is 9.09. The van der Waals surface area contributed by atoms with E-state index in [-0.39, 0.29) is 29.8 Å². The molecule has 1 N–H and O–H groups in total. The maximum Gasteiger partial charge on any atom is 0.310 e. The van der Waals surface area contributed by atoms with Crippen molar-refractivity contribution < 1.29 is 19.4 Å². The molecule has 0 aromatic rings. The van der Waals surface area contributed by atoms with E-state index in [1.807, 2.05) is 0 Å². The van der Waals surface area contributed by atoms with Crippen LogP contribution < -0.4 is 0 Å². The number of rotatable bonds is 1. The zero-order valence-electron chi connectivity index (χ0n) is 7.68. The van der Waals surface area contributed by atoms with Crippen molar-refractivity contribution in [3.05, 3.63) is 0 Å². The molecule has 1 heterocycles. The summed E-state index contributed by atoms with van der Waals surface area (Å²) in [4.78, 5) is 22.5. The normalized spacial score (nSPS) is 49.1. The first-order chi connectivity index (χ1) is 6.68. The van der Waals surface area contributed by atoms with Crippen LogP contribution in [-0.4, -0.2) is 23.1 Å². The van der Waals surface area contributed by atoms with Gasteiger partial charge in [-0.25, -0.2) is 0 Å². The number of carbonyl (C=O) groups excluding carboxylic acids is 1. The van der Waals surface area contributed by atoms with Crippen molar-refractivity contribution in [2.24, 2.45) is 23.7 Å². The Kier molecular flexibility index (Phi) is 1.47. The highest BCUT2D eigenvalue weighted by Gasteiger charge is 2.60. The van der Waals surface area contributed by atoms with Crippen LogP contribution in [-0.2, 0) is 14.3 Å². The van der Waals surface area contributed by atoms with Gasteiger partial charge >= 0.3 is 11.9 Å². The monoisotopic (exact) mass is 196 g/mol. The van der Waals surface area contributed by atoms with E-state index in [1.54, 1.807) is 0 Å². The molecule has 3 saturated carbocycles. The second-order valence-corrected chi connectivity index (χ2v) is 4.60. The van der Waals surface area contributed by atoms with Crippen molar-refractivity contribution in [1.82, 2.24) is 0 Å². The molecule has 4 aliphatic rings. The molecule has 0 aromatic carbocycles. The molecule has 5 unspecified atom stereocenters. The van der Waals surface area contributed by atoms with Crippen molar-refractivity contribution >= 4 is 11.9 Å². The number of ether oxygens (including phenoxy) is 1. The topological polar surface area (TPSA) is 63.6 Å². The van der Waals surface area contributed by atoms with E-state index >= 15 is 0 Å². The van der Waals surface area contributed by atoms with Crippen LogP contribution in [0.5, 0.6) is 0 Å². The fourth-order valence-electron chi connectivity index (χ4n) is 3.52. The number of carboxylic acid groups (broad SMARTS) is 1. The minimum atomic E-state index is -0.818. The van der Waals surface area contributed by atoms with Crippen molar-refractivity contribution in [2.75, 3.05) is 0 Å². The number of carboxylic acids is 1. The summed E-state index contributed by atoms with van der Waals surface area (Å²) in [5.74, 6) is -1.55. The molecule has 14 heavy (non-hydrogen) atoms. The maximum absolute atomic E-state index is 11.5. The molecule has 1 aliphatic heterocycles. The van der Waals surface area contributed by atoms with E-state index in [4.69, 9.17) is 9.84 Å². The molecule has 1 saturated heterocycles. The zero-order valence-corrected chi connectivity index (χ0v) is 7.68. The Balaban J connectivity index is 2.01. The van der Waals surface area contributed by atoms with Crippen LogP contribution in [0.4, 0.5) is 0 Å². The van der Waals surface area contributed by atoms with E-state index in [0.717, 1.165) is 19.3 Å². The number of hydrogen-bond donors (Lipinski definition) is 1. The van der Waals surface area contributed by atoms with Gasteiger partial charge in [-0.3, -0.25) is 9.59 Å². The van der Waals surface area contributed by atoms with Crippen LogP contribution in [0.3, 0.4) is 0 Å². The first-order valence-corrected chi connectivity index (χ1v) is 5.12. The van der Waals surface area contributed by atoms with E-state index < -0.39 is 11.9 Å². The molecule has 76 valence electrons. The summed E-state index contributed by atoms with van der Waals surface area (Å²) in [7, 11) is 0. The highest BCUT2D eigenvalue weighted by atomic mass is 16.6. The summed E-state index contributed by atoms with van der Waals surface area (Å²) in [6.07, 6.45) is 2.71. The van der Waals surface area contributed by atoms with Crippen molar-refractivity contribution in [1.29, 1.82) is 0 Å². The molecule has 4 fully saturated rings. The average Bonchev–Trinajstić information content (AvgIpc) is 2.40. The number of hydrogen-bond acceptors (Lipinski definition) is 3. The fourth-order valence-corrected chi connectivity index (χ4v) is 3.52. The highest BCUT2D eigenvalue weighted by Crippen LogP contribution is 2.54. The quantitative estimate of drug-likeness (QED) is 0.626. The summed E-state index contributed by atoms with van der Waals surface area (Å²) >= 11 is 0. The standard InChI is InChI=1S/C10H12O4/c11-9(12)7-4-1-2-5-6(3-4)14-10(13)8(5)7/h4-8H,1-3H2,(H,11,12). The second-order valence-electron chi connectivity index (χ2n) is 4.60. The number of carbonyl (C=O) groups is 2. The first-order valence-electron chi connectivity index (χ1n) is 5.12. The Morgan fingerprint density at radius 1 is 1.43 bits per heavy atom. The number of fused-ring (bicyclic) bond motifs is 1. The molecule has 0 aromatic heterocycles. The third-order valence-corrected chi connectivity index (χ3v) is 4.06. The lowest BCUT2D eigenvalue weighted by Crippen LogP contribution is -2.47. The molecule has 0 radical (unpaired) electrons. The molecular formula is C10H12O4. The van der Waals surface area contributed by atoms with E-state index in [2.05, 4.69) is 0 Å². The third-order valence-electron chi connectivity index (χ3n) is 4.06. The van der Waals surface area contributed by atoms with Crippen LogP contribution in [0.2, 0.25) is 0 Å². The van der Waals surface area contributed by atoms with Gasteiger partial charge in [0.05, 0.1) is 11.8 Å². The van der Waals surface area contributed by atoms with Gasteiger partial charge in [0.15, 0.2) is 0 Å². The SMILES string of the molecule is O=C(O)C1C2CCC3C(C2)OC(=O)C31. The molecular weight excluding hydrogens is 184 g/mol. The van der Waals surface area contributed by atoms with Gasteiger partial charge in [0.25, 0.3) is 0 Å². The Morgan fingerprint density at radius 2 is 2.21 bits per heavy atom. The molecule has 4 rings (SSSR count). The van der Waals surface area contributed by atoms with Gasteiger partial charge in [-0.1, -0.05) is 0 Å². The Bertz CT molecular complexity index is 311. The predicted octanol–water partition coefficient (Wildman–Crippen LogP) is 0.659. The maximum atomic E-state index is 11.5. The van der Waals surface area contributed by atoms with Gasteiger partial charge < -0.3 is 9.84 Å². The molecule has 5 atom stereocenters. The van der Waals surface area contributed by atoms with Gasteiger partial charge in [-0.05, 0) is 25.2 Å². The van der Waals surface area contributed by atoms with E-state index in [9.17, 15) is 9.59 Å². The first kappa shape index (κ1) is 8.26. The van der Waals surface area contributed by atoms with E-state index in [1.165, 1.54) is 0 Å². The van der Waals surface area contributed by atoms with E-state index in [0.29, 0.717) is 0 Å². The summed E-state index contributed by atoms with van der Waals surface area (Å²) < 4.78 is 5.20.